The highest BCUT2D eigenvalue weighted by Gasteiger charge is 2.06. The van der Waals surface area contributed by atoms with Gasteiger partial charge in [0.25, 0.3) is 0 Å². The van der Waals surface area contributed by atoms with Crippen molar-refractivity contribution in [3.8, 4) is 5.75 Å². The largest absolute Gasteiger partial charge is 0.492 e. The standard InChI is InChI=1S/C14H23N3O2/c1-11(15)9-14(18)16-12-5-4-6-13(10-12)19-8-7-17(2)3/h4-6,10-11H,7-9,15H2,1-3H3,(H,16,18). The molecule has 0 aliphatic carbocycles. The SMILES string of the molecule is CC(N)CC(=O)Nc1cccc(OCCN(C)C)c1. The van der Waals surface area contributed by atoms with Gasteiger partial charge < -0.3 is 20.7 Å². The van der Waals surface area contributed by atoms with E-state index in [4.69, 9.17) is 10.5 Å². The molecule has 0 bridgehead atoms. The molecule has 0 aromatic heterocycles. The summed E-state index contributed by atoms with van der Waals surface area (Å²) in [4.78, 5) is 13.6. The third kappa shape index (κ3) is 6.79. The van der Waals surface area contributed by atoms with Crippen molar-refractivity contribution >= 4 is 11.6 Å². The molecule has 0 aliphatic rings. The normalized spacial score (nSPS) is 12.3. The highest BCUT2D eigenvalue weighted by Crippen LogP contribution is 2.17. The number of rotatable bonds is 7. The molecule has 0 radical (unpaired) electrons. The van der Waals surface area contributed by atoms with Crippen molar-refractivity contribution in [3.63, 3.8) is 0 Å². The van der Waals surface area contributed by atoms with E-state index < -0.39 is 0 Å². The molecule has 1 unspecified atom stereocenters. The van der Waals surface area contributed by atoms with Crippen LogP contribution in [0.2, 0.25) is 0 Å². The number of benzene rings is 1. The first-order valence-electron chi connectivity index (χ1n) is 6.40. The second-order valence-corrected chi connectivity index (χ2v) is 4.91. The van der Waals surface area contributed by atoms with Gasteiger partial charge in [0.05, 0.1) is 0 Å². The van der Waals surface area contributed by atoms with Crippen LogP contribution in [-0.4, -0.2) is 44.1 Å². The third-order valence-electron chi connectivity index (χ3n) is 2.43. The van der Waals surface area contributed by atoms with Crippen molar-refractivity contribution in [2.24, 2.45) is 5.73 Å². The first-order valence-corrected chi connectivity index (χ1v) is 6.40. The molecule has 1 rings (SSSR count). The van der Waals surface area contributed by atoms with Crippen LogP contribution in [0.15, 0.2) is 24.3 Å². The van der Waals surface area contributed by atoms with E-state index >= 15 is 0 Å². The molecule has 1 aromatic rings. The summed E-state index contributed by atoms with van der Waals surface area (Å²) in [6.45, 7) is 3.27. The maximum absolute atomic E-state index is 11.6. The summed E-state index contributed by atoms with van der Waals surface area (Å²) < 4.78 is 5.60. The number of nitrogens with one attached hydrogen (secondary N) is 1. The zero-order chi connectivity index (χ0) is 14.3. The predicted octanol–water partition coefficient (Wildman–Crippen LogP) is 1.30. The van der Waals surface area contributed by atoms with Crippen molar-refractivity contribution in [2.45, 2.75) is 19.4 Å². The van der Waals surface area contributed by atoms with Crippen LogP contribution in [0.3, 0.4) is 0 Å². The van der Waals surface area contributed by atoms with Gasteiger partial charge >= 0.3 is 0 Å². The number of hydrogen-bond acceptors (Lipinski definition) is 4. The van der Waals surface area contributed by atoms with Crippen LogP contribution in [0.25, 0.3) is 0 Å². The van der Waals surface area contributed by atoms with Crippen molar-refractivity contribution in [3.05, 3.63) is 24.3 Å². The fourth-order valence-electron chi connectivity index (χ4n) is 1.51. The van der Waals surface area contributed by atoms with Gasteiger partial charge in [0.2, 0.25) is 5.91 Å². The molecule has 0 fully saturated rings. The van der Waals surface area contributed by atoms with E-state index in [1.54, 1.807) is 6.92 Å². The first-order chi connectivity index (χ1) is 8.97. The number of nitrogens with two attached hydrogens (primary N) is 1. The minimum atomic E-state index is -0.139. The van der Waals surface area contributed by atoms with Crippen LogP contribution in [0, 0.1) is 0 Å². The molecule has 3 N–H and O–H groups in total. The van der Waals surface area contributed by atoms with Crippen LogP contribution in [-0.2, 0) is 4.79 Å². The molecule has 1 amide bonds. The van der Waals surface area contributed by atoms with Gasteiger partial charge in [-0.3, -0.25) is 4.79 Å². The van der Waals surface area contributed by atoms with Crippen molar-refractivity contribution in [1.82, 2.24) is 4.90 Å². The molecule has 106 valence electrons. The molecule has 0 spiro atoms. The van der Waals surface area contributed by atoms with Crippen LogP contribution >= 0.6 is 0 Å². The summed E-state index contributed by atoms with van der Waals surface area (Å²) in [6.07, 6.45) is 0.311. The number of nitrogens with zero attached hydrogens (tertiary/aromatic N) is 1. The monoisotopic (exact) mass is 265 g/mol. The number of carbonyl (C=O) groups excluding carboxylic acids is 1. The van der Waals surface area contributed by atoms with Gasteiger partial charge in [-0.15, -0.1) is 0 Å². The van der Waals surface area contributed by atoms with Crippen LogP contribution in [0.5, 0.6) is 5.75 Å². The van der Waals surface area contributed by atoms with Gasteiger partial charge in [-0.1, -0.05) is 6.07 Å². The molecule has 0 saturated heterocycles. The molecule has 19 heavy (non-hydrogen) atoms. The molecule has 0 heterocycles. The topological polar surface area (TPSA) is 67.6 Å². The maximum Gasteiger partial charge on any atom is 0.225 e. The Morgan fingerprint density at radius 2 is 2.21 bits per heavy atom. The maximum atomic E-state index is 11.6. The lowest BCUT2D eigenvalue weighted by molar-refractivity contribution is -0.116. The number of ether oxygens (including phenoxy) is 1. The predicted molar refractivity (Wildman–Crippen MR) is 77.4 cm³/mol. The van der Waals surface area contributed by atoms with Gasteiger partial charge in [0, 0.05) is 30.8 Å². The van der Waals surface area contributed by atoms with E-state index in [9.17, 15) is 4.79 Å². The Morgan fingerprint density at radius 1 is 1.47 bits per heavy atom. The van der Waals surface area contributed by atoms with Crippen molar-refractivity contribution in [2.75, 3.05) is 32.6 Å². The van der Waals surface area contributed by atoms with E-state index in [1.165, 1.54) is 0 Å². The average molecular weight is 265 g/mol. The summed E-state index contributed by atoms with van der Waals surface area (Å²) in [7, 11) is 3.99. The van der Waals surface area contributed by atoms with E-state index in [2.05, 4.69) is 5.32 Å². The quantitative estimate of drug-likeness (QED) is 0.780. The third-order valence-corrected chi connectivity index (χ3v) is 2.43. The Bertz CT molecular complexity index is 405. The minimum absolute atomic E-state index is 0.0829. The number of carbonyl (C=O) groups is 1. The molecule has 5 heteroatoms. The Morgan fingerprint density at radius 3 is 2.84 bits per heavy atom. The average Bonchev–Trinajstić information content (AvgIpc) is 2.27. The van der Waals surface area contributed by atoms with E-state index in [-0.39, 0.29) is 11.9 Å². The lowest BCUT2D eigenvalue weighted by Crippen LogP contribution is -2.24. The summed E-state index contributed by atoms with van der Waals surface area (Å²) in [6, 6.07) is 7.23. The zero-order valence-corrected chi connectivity index (χ0v) is 11.8. The molecular weight excluding hydrogens is 242 g/mol. The van der Waals surface area contributed by atoms with E-state index in [0.717, 1.165) is 18.0 Å². The van der Waals surface area contributed by atoms with Gasteiger partial charge in [0.1, 0.15) is 12.4 Å². The van der Waals surface area contributed by atoms with Crippen molar-refractivity contribution < 1.29 is 9.53 Å². The van der Waals surface area contributed by atoms with Gasteiger partial charge in [-0.25, -0.2) is 0 Å². The summed E-state index contributed by atoms with van der Waals surface area (Å²) in [5.41, 5.74) is 6.31. The van der Waals surface area contributed by atoms with E-state index in [0.29, 0.717) is 13.0 Å². The molecule has 5 nitrogen and oxygen atoms in total. The number of hydrogen-bond donors (Lipinski definition) is 2. The highest BCUT2D eigenvalue weighted by molar-refractivity contribution is 5.91. The van der Waals surface area contributed by atoms with Crippen LogP contribution < -0.4 is 15.8 Å². The Kier molecular flexibility index (Phi) is 6.32. The summed E-state index contributed by atoms with van der Waals surface area (Å²) in [5.74, 6) is 0.667. The second-order valence-electron chi connectivity index (χ2n) is 4.91. The number of anilines is 1. The molecule has 0 aliphatic heterocycles. The summed E-state index contributed by atoms with van der Waals surface area (Å²) >= 11 is 0. The fourth-order valence-corrected chi connectivity index (χ4v) is 1.51. The highest BCUT2D eigenvalue weighted by atomic mass is 16.5. The fraction of sp³-hybridized carbons (Fsp3) is 0.500. The summed E-state index contributed by atoms with van der Waals surface area (Å²) in [5, 5.41) is 2.80. The second kappa shape index (κ2) is 7.76. The molecular formula is C14H23N3O2. The van der Waals surface area contributed by atoms with E-state index in [1.807, 2.05) is 43.3 Å². The van der Waals surface area contributed by atoms with Crippen LogP contribution in [0.4, 0.5) is 5.69 Å². The number of likely N-dealkylation sites (N-methyl/N-ethyl adjacent to an activating group) is 1. The molecule has 0 saturated carbocycles. The Balaban J connectivity index is 2.49. The smallest absolute Gasteiger partial charge is 0.225 e. The first kappa shape index (κ1) is 15.5. The minimum Gasteiger partial charge on any atom is -0.492 e. The zero-order valence-electron chi connectivity index (χ0n) is 11.8. The van der Waals surface area contributed by atoms with Gasteiger partial charge in [0.15, 0.2) is 0 Å². The van der Waals surface area contributed by atoms with Crippen molar-refractivity contribution in [1.29, 1.82) is 0 Å². The molecule has 1 aromatic carbocycles. The van der Waals surface area contributed by atoms with Gasteiger partial charge in [-0.2, -0.15) is 0 Å². The van der Waals surface area contributed by atoms with Crippen LogP contribution in [0.1, 0.15) is 13.3 Å². The van der Waals surface area contributed by atoms with Gasteiger partial charge in [-0.05, 0) is 33.2 Å². The lowest BCUT2D eigenvalue weighted by atomic mass is 10.2. The lowest BCUT2D eigenvalue weighted by Gasteiger charge is -2.12. The molecule has 1 atom stereocenters. The Labute approximate surface area is 114 Å². The number of amides is 1. The Hall–Kier alpha value is -1.59.